The molecule has 1 amide bonds. The first kappa shape index (κ1) is 22.5. The molecule has 1 unspecified atom stereocenters. The molecular weight excluding hydrogens is 398 g/mol. The van der Waals surface area contributed by atoms with Crippen LogP contribution in [0.3, 0.4) is 0 Å². The quantitative estimate of drug-likeness (QED) is 0.522. The van der Waals surface area contributed by atoms with Gasteiger partial charge in [0, 0.05) is 5.92 Å². The van der Waals surface area contributed by atoms with Crippen molar-refractivity contribution < 1.29 is 29.0 Å². The molecule has 0 aliphatic heterocycles. The lowest BCUT2D eigenvalue weighted by Crippen LogP contribution is -2.50. The number of ether oxygens (including phenoxy) is 2. The second-order valence-electron chi connectivity index (χ2n) is 8.46. The molecule has 3 rings (SSSR count). The summed E-state index contributed by atoms with van der Waals surface area (Å²) in [5.41, 5.74) is 3.49. The number of carbonyl (C=O) groups is 3. The second-order valence-corrected chi connectivity index (χ2v) is 8.46. The zero-order chi connectivity index (χ0) is 22.6. The van der Waals surface area contributed by atoms with E-state index < -0.39 is 36.2 Å². The highest BCUT2D eigenvalue weighted by Crippen LogP contribution is 2.44. The summed E-state index contributed by atoms with van der Waals surface area (Å²) in [6, 6.07) is 14.5. The van der Waals surface area contributed by atoms with E-state index in [2.05, 4.69) is 5.32 Å². The summed E-state index contributed by atoms with van der Waals surface area (Å²) in [4.78, 5) is 36.3. The average molecular weight is 425 g/mol. The summed E-state index contributed by atoms with van der Waals surface area (Å²) in [5.74, 6) is -2.10. The van der Waals surface area contributed by atoms with Crippen LogP contribution in [0.25, 0.3) is 11.1 Å². The highest BCUT2D eigenvalue weighted by Gasteiger charge is 2.34. The van der Waals surface area contributed by atoms with E-state index in [4.69, 9.17) is 9.47 Å². The molecule has 7 heteroatoms. The normalized spacial score (nSPS) is 14.7. The molecule has 0 bridgehead atoms. The maximum atomic E-state index is 12.5. The van der Waals surface area contributed by atoms with Gasteiger partial charge in [-0.25, -0.2) is 9.59 Å². The summed E-state index contributed by atoms with van der Waals surface area (Å²) in [6.45, 7) is 4.46. The number of nitrogens with one attached hydrogen (secondary N) is 1. The molecule has 0 saturated carbocycles. The van der Waals surface area contributed by atoms with Gasteiger partial charge in [-0.3, -0.25) is 0 Å². The van der Waals surface area contributed by atoms with Gasteiger partial charge in [-0.05, 0) is 43.0 Å². The summed E-state index contributed by atoms with van der Waals surface area (Å²) >= 11 is 0. The molecule has 164 valence electrons. The van der Waals surface area contributed by atoms with Gasteiger partial charge in [0.05, 0.1) is 12.5 Å². The molecule has 0 spiro atoms. The van der Waals surface area contributed by atoms with Crippen LogP contribution in [0.15, 0.2) is 48.5 Å². The predicted molar refractivity (Wildman–Crippen MR) is 114 cm³/mol. The minimum atomic E-state index is -1.35. The number of benzene rings is 2. The van der Waals surface area contributed by atoms with Crippen molar-refractivity contribution in [1.82, 2.24) is 5.32 Å². The number of fused-ring (bicyclic) bond motifs is 3. The Morgan fingerprint density at radius 3 is 2.10 bits per heavy atom. The van der Waals surface area contributed by atoms with Gasteiger partial charge in [0.2, 0.25) is 0 Å². The molecule has 2 aromatic rings. The van der Waals surface area contributed by atoms with Crippen LogP contribution in [0.2, 0.25) is 0 Å². The van der Waals surface area contributed by atoms with E-state index in [0.29, 0.717) is 6.29 Å². The molecule has 0 saturated heterocycles. The third kappa shape index (κ3) is 5.11. The number of alkyl carbamates (subject to hydrolysis) is 1. The van der Waals surface area contributed by atoms with E-state index in [-0.39, 0.29) is 12.5 Å². The minimum Gasteiger partial charge on any atom is -0.458 e. The first-order chi connectivity index (χ1) is 14.7. The Morgan fingerprint density at radius 2 is 1.61 bits per heavy atom. The lowest BCUT2D eigenvalue weighted by Gasteiger charge is -2.26. The number of aliphatic hydroxyl groups excluding tert-OH is 1. The van der Waals surface area contributed by atoms with Crippen molar-refractivity contribution in [2.75, 3.05) is 13.2 Å². The van der Waals surface area contributed by atoms with Crippen molar-refractivity contribution in [3.8, 4) is 11.1 Å². The lowest BCUT2D eigenvalue weighted by atomic mass is 9.98. The molecule has 31 heavy (non-hydrogen) atoms. The largest absolute Gasteiger partial charge is 0.458 e. The Bertz CT molecular complexity index is 919. The van der Waals surface area contributed by atoms with Crippen LogP contribution in [0, 0.1) is 5.92 Å². The smallest absolute Gasteiger partial charge is 0.407 e. The summed E-state index contributed by atoms with van der Waals surface area (Å²) in [6.07, 6.45) is -0.448. The van der Waals surface area contributed by atoms with Crippen molar-refractivity contribution in [3.63, 3.8) is 0 Å². The predicted octanol–water partition coefficient (Wildman–Crippen LogP) is 3.04. The van der Waals surface area contributed by atoms with Crippen LogP contribution in [0.5, 0.6) is 0 Å². The van der Waals surface area contributed by atoms with Gasteiger partial charge in [0.25, 0.3) is 0 Å². The van der Waals surface area contributed by atoms with E-state index in [9.17, 15) is 19.5 Å². The zero-order valence-electron chi connectivity index (χ0n) is 17.8. The molecule has 7 nitrogen and oxygen atoms in total. The Morgan fingerprint density at radius 1 is 1.06 bits per heavy atom. The molecule has 1 aliphatic carbocycles. The first-order valence-electron chi connectivity index (χ1n) is 10.2. The molecule has 2 N–H and O–H groups in total. The SMILES string of the molecule is CC(C)(C)OC(=O)[C@H](NC(=O)OCC1c2ccccc2-c2ccccc21)C(C=O)CO. The fraction of sp³-hybridized carbons (Fsp3) is 0.375. The van der Waals surface area contributed by atoms with E-state index in [0.717, 1.165) is 22.3 Å². The Labute approximate surface area is 181 Å². The number of hydrogen-bond acceptors (Lipinski definition) is 6. The number of rotatable bonds is 7. The summed E-state index contributed by atoms with van der Waals surface area (Å²) < 4.78 is 10.7. The van der Waals surface area contributed by atoms with Gasteiger partial charge in [-0.15, -0.1) is 0 Å². The van der Waals surface area contributed by atoms with E-state index >= 15 is 0 Å². The Hall–Kier alpha value is -3.19. The highest BCUT2D eigenvalue weighted by atomic mass is 16.6. The molecular formula is C24H27NO6. The minimum absolute atomic E-state index is 0.0613. The summed E-state index contributed by atoms with van der Waals surface area (Å²) in [7, 11) is 0. The molecule has 0 radical (unpaired) electrons. The third-order valence-corrected chi connectivity index (χ3v) is 5.09. The molecule has 0 heterocycles. The van der Waals surface area contributed by atoms with Gasteiger partial charge >= 0.3 is 12.1 Å². The maximum Gasteiger partial charge on any atom is 0.407 e. The van der Waals surface area contributed by atoms with Crippen LogP contribution < -0.4 is 5.32 Å². The molecule has 2 aromatic carbocycles. The maximum absolute atomic E-state index is 12.5. The second kappa shape index (κ2) is 9.31. The lowest BCUT2D eigenvalue weighted by molar-refractivity contribution is -0.160. The Balaban J connectivity index is 1.72. The zero-order valence-corrected chi connectivity index (χ0v) is 17.8. The fourth-order valence-electron chi connectivity index (χ4n) is 3.70. The number of hydrogen-bond donors (Lipinski definition) is 2. The summed E-state index contributed by atoms with van der Waals surface area (Å²) in [5, 5.41) is 11.8. The molecule has 0 fully saturated rings. The van der Waals surface area contributed by atoms with Crippen LogP contribution >= 0.6 is 0 Å². The van der Waals surface area contributed by atoms with Crippen LogP contribution in [0.4, 0.5) is 4.79 Å². The van der Waals surface area contributed by atoms with E-state index in [1.54, 1.807) is 20.8 Å². The van der Waals surface area contributed by atoms with Crippen molar-refractivity contribution in [2.45, 2.75) is 38.3 Å². The van der Waals surface area contributed by atoms with Gasteiger partial charge in [-0.2, -0.15) is 0 Å². The number of esters is 1. The van der Waals surface area contributed by atoms with Crippen molar-refractivity contribution in [3.05, 3.63) is 59.7 Å². The van der Waals surface area contributed by atoms with Gasteiger partial charge < -0.3 is 24.7 Å². The van der Waals surface area contributed by atoms with Crippen LogP contribution in [0.1, 0.15) is 37.8 Å². The monoisotopic (exact) mass is 425 g/mol. The number of carbonyl (C=O) groups excluding carboxylic acids is 3. The van der Waals surface area contributed by atoms with Crippen LogP contribution in [-0.2, 0) is 19.1 Å². The third-order valence-electron chi connectivity index (χ3n) is 5.09. The molecule has 1 aliphatic rings. The van der Waals surface area contributed by atoms with Gasteiger partial charge in [-0.1, -0.05) is 48.5 Å². The van der Waals surface area contributed by atoms with Crippen molar-refractivity contribution in [1.29, 1.82) is 0 Å². The van der Waals surface area contributed by atoms with E-state index in [1.165, 1.54) is 0 Å². The standard InChI is InChI=1S/C24H27NO6/c1-24(2,3)31-22(28)21(15(12-26)13-27)25-23(29)30-14-20-18-10-6-4-8-16(18)17-9-5-7-11-19(17)20/h4-12,15,20-21,27H,13-14H2,1-3H3,(H,25,29)/t15?,21-/m1/s1. The van der Waals surface area contributed by atoms with Crippen LogP contribution in [-0.4, -0.2) is 48.3 Å². The molecule has 0 aromatic heterocycles. The average Bonchev–Trinajstić information content (AvgIpc) is 3.05. The van der Waals surface area contributed by atoms with Gasteiger partial charge in [0.15, 0.2) is 0 Å². The van der Waals surface area contributed by atoms with Gasteiger partial charge in [0.1, 0.15) is 24.5 Å². The highest BCUT2D eigenvalue weighted by molar-refractivity contribution is 5.85. The molecule has 2 atom stereocenters. The number of amides is 1. The topological polar surface area (TPSA) is 102 Å². The number of aliphatic hydroxyl groups is 1. The van der Waals surface area contributed by atoms with Crippen molar-refractivity contribution in [2.24, 2.45) is 5.92 Å². The van der Waals surface area contributed by atoms with E-state index in [1.807, 2.05) is 48.5 Å². The Kier molecular flexibility index (Phi) is 6.75. The fourth-order valence-corrected chi connectivity index (χ4v) is 3.70. The van der Waals surface area contributed by atoms with Crippen molar-refractivity contribution >= 4 is 18.3 Å². The number of aldehydes is 1. The first-order valence-corrected chi connectivity index (χ1v) is 10.2.